The number of aromatic nitrogens is 4. The fourth-order valence-electron chi connectivity index (χ4n) is 3.09. The smallest absolute Gasteiger partial charge is 0.322 e. The van der Waals surface area contributed by atoms with Crippen LogP contribution in [0.15, 0.2) is 33.0 Å². The fraction of sp³-hybridized carbons (Fsp3) is 0.375. The highest BCUT2D eigenvalue weighted by Crippen LogP contribution is 2.31. The Labute approximate surface area is 175 Å². The molecule has 0 unspecified atom stereocenters. The maximum absolute atomic E-state index is 12.6. The minimum atomic E-state index is -3.59. The molecule has 3 aromatic heterocycles. The molecule has 0 radical (unpaired) electrons. The number of nitrogens with zero attached hydrogens (tertiary/aromatic N) is 5. The number of carbonyl (C=O) groups is 1. The molecule has 0 saturated carbocycles. The molecule has 154 valence electrons. The lowest BCUT2D eigenvalue weighted by molar-refractivity contribution is -0.121. The number of carbonyl (C=O) groups excluding carboxylic acids is 1. The summed E-state index contributed by atoms with van der Waals surface area (Å²) in [4.78, 5) is 12.5. The molecule has 0 atom stereocenters. The number of nitrogens with one attached hydrogen (secondary N) is 1. The van der Waals surface area contributed by atoms with Crippen LogP contribution in [-0.4, -0.2) is 51.7 Å². The van der Waals surface area contributed by atoms with Crippen LogP contribution in [-0.2, 0) is 21.9 Å². The van der Waals surface area contributed by atoms with Crippen LogP contribution in [0.25, 0.3) is 11.6 Å². The largest absolute Gasteiger partial charge is 0.401 e. The quantitative estimate of drug-likeness (QED) is 0.624. The molecule has 1 aliphatic rings. The minimum Gasteiger partial charge on any atom is -0.401 e. The number of thiophene rings is 1. The Morgan fingerprint density at radius 2 is 2.03 bits per heavy atom. The number of piperidine rings is 1. The van der Waals surface area contributed by atoms with Gasteiger partial charge in [0.1, 0.15) is 9.90 Å². The van der Waals surface area contributed by atoms with Gasteiger partial charge in [0, 0.05) is 32.3 Å². The van der Waals surface area contributed by atoms with Crippen molar-refractivity contribution in [2.75, 3.05) is 18.4 Å². The number of hydrogen-bond acceptors (Lipinski definition) is 8. The molecule has 29 heavy (non-hydrogen) atoms. The lowest BCUT2D eigenvalue weighted by atomic mass is 9.97. The van der Waals surface area contributed by atoms with E-state index in [1.54, 1.807) is 30.1 Å². The first kappa shape index (κ1) is 20.0. The van der Waals surface area contributed by atoms with Crippen molar-refractivity contribution in [3.8, 4) is 11.6 Å². The van der Waals surface area contributed by atoms with E-state index in [0.717, 1.165) is 11.3 Å². The predicted octanol–water partition coefficient (Wildman–Crippen LogP) is 2.22. The average Bonchev–Trinajstić information content (AvgIpc) is 3.43. The Balaban J connectivity index is 1.36. The average molecular weight is 457 g/mol. The summed E-state index contributed by atoms with van der Waals surface area (Å²) in [5.74, 6) is -0.377. The molecule has 1 saturated heterocycles. The molecule has 4 heterocycles. The summed E-state index contributed by atoms with van der Waals surface area (Å²) < 4.78 is 34.4. The highest BCUT2D eigenvalue weighted by Gasteiger charge is 2.33. The second kappa shape index (κ2) is 7.86. The number of amides is 1. The number of rotatable bonds is 5. The van der Waals surface area contributed by atoms with Crippen LogP contribution in [0.3, 0.4) is 0 Å². The second-order valence-corrected chi connectivity index (χ2v) is 10.4. The van der Waals surface area contributed by atoms with Gasteiger partial charge in [-0.1, -0.05) is 16.7 Å². The molecule has 10 nitrogen and oxygen atoms in total. The van der Waals surface area contributed by atoms with Crippen LogP contribution >= 0.6 is 22.9 Å². The van der Waals surface area contributed by atoms with Gasteiger partial charge >= 0.3 is 6.01 Å². The van der Waals surface area contributed by atoms with E-state index >= 15 is 0 Å². The van der Waals surface area contributed by atoms with Crippen LogP contribution < -0.4 is 5.32 Å². The number of halogens is 1. The summed E-state index contributed by atoms with van der Waals surface area (Å²) in [5, 5.41) is 14.4. The molecule has 0 bridgehead atoms. The van der Waals surface area contributed by atoms with Crippen molar-refractivity contribution in [2.45, 2.75) is 17.1 Å². The van der Waals surface area contributed by atoms with E-state index in [-0.39, 0.29) is 41.0 Å². The Morgan fingerprint density at radius 1 is 1.28 bits per heavy atom. The summed E-state index contributed by atoms with van der Waals surface area (Å²) in [6.07, 6.45) is 2.39. The van der Waals surface area contributed by atoms with Gasteiger partial charge in [-0.25, -0.2) is 8.42 Å². The Bertz CT molecular complexity index is 1130. The van der Waals surface area contributed by atoms with E-state index in [1.807, 2.05) is 0 Å². The van der Waals surface area contributed by atoms with Gasteiger partial charge in [0.05, 0.1) is 4.34 Å². The third-order valence-corrected chi connectivity index (χ3v) is 8.26. The lowest BCUT2D eigenvalue weighted by Crippen LogP contribution is -2.41. The third kappa shape index (κ3) is 4.06. The second-order valence-electron chi connectivity index (χ2n) is 6.48. The van der Waals surface area contributed by atoms with Crippen molar-refractivity contribution in [1.82, 2.24) is 24.3 Å². The van der Waals surface area contributed by atoms with Gasteiger partial charge in [-0.15, -0.1) is 16.4 Å². The van der Waals surface area contributed by atoms with Gasteiger partial charge in [-0.3, -0.25) is 14.8 Å². The van der Waals surface area contributed by atoms with Gasteiger partial charge in [0.15, 0.2) is 0 Å². The highest BCUT2D eigenvalue weighted by molar-refractivity contribution is 7.91. The van der Waals surface area contributed by atoms with Crippen LogP contribution in [0.4, 0.5) is 6.01 Å². The molecule has 0 aromatic carbocycles. The molecule has 0 spiro atoms. The summed E-state index contributed by atoms with van der Waals surface area (Å²) in [6, 6.07) is 4.77. The topological polar surface area (TPSA) is 123 Å². The number of hydrogen-bond donors (Lipinski definition) is 1. The molecule has 1 aliphatic heterocycles. The van der Waals surface area contributed by atoms with Crippen molar-refractivity contribution in [3.05, 3.63) is 28.7 Å². The number of anilines is 1. The maximum atomic E-state index is 12.6. The van der Waals surface area contributed by atoms with Gasteiger partial charge in [-0.2, -0.15) is 9.40 Å². The van der Waals surface area contributed by atoms with E-state index in [2.05, 4.69) is 20.6 Å². The van der Waals surface area contributed by atoms with E-state index in [1.165, 1.54) is 10.4 Å². The zero-order valence-corrected chi connectivity index (χ0v) is 17.7. The van der Waals surface area contributed by atoms with Crippen LogP contribution in [0.2, 0.25) is 4.34 Å². The SMILES string of the molecule is Cn1nccc1-c1nnc(NC(=O)C2CCN(S(=O)(=O)c3ccc(Cl)s3)CC2)o1. The van der Waals surface area contributed by atoms with E-state index in [9.17, 15) is 13.2 Å². The predicted molar refractivity (Wildman–Crippen MR) is 106 cm³/mol. The van der Waals surface area contributed by atoms with Crippen molar-refractivity contribution in [2.24, 2.45) is 13.0 Å². The van der Waals surface area contributed by atoms with E-state index in [0.29, 0.717) is 22.9 Å². The molecule has 3 aromatic rings. The normalized spacial score (nSPS) is 16.2. The van der Waals surface area contributed by atoms with Gasteiger partial charge in [-0.05, 0) is 31.0 Å². The molecular weight excluding hydrogens is 440 g/mol. The Morgan fingerprint density at radius 3 is 2.66 bits per heavy atom. The summed E-state index contributed by atoms with van der Waals surface area (Å²) in [7, 11) is -1.85. The fourth-order valence-corrected chi connectivity index (χ4v) is 6.20. The standard InChI is InChI=1S/C16H17ClN6O4S2/c1-22-11(4-7-18-22)15-20-21-16(27-15)19-14(24)10-5-8-23(9-6-10)29(25,26)13-3-2-12(17)28-13/h2-4,7,10H,5-6,8-9H2,1H3,(H,19,21,24). The summed E-state index contributed by atoms with van der Waals surface area (Å²) in [6.45, 7) is 0.500. The first-order valence-electron chi connectivity index (χ1n) is 8.73. The van der Waals surface area contributed by atoms with E-state index in [4.69, 9.17) is 16.0 Å². The zero-order valence-electron chi connectivity index (χ0n) is 15.3. The van der Waals surface area contributed by atoms with Gasteiger partial charge in [0.2, 0.25) is 5.91 Å². The van der Waals surface area contributed by atoms with Crippen LogP contribution in [0.5, 0.6) is 0 Å². The van der Waals surface area contributed by atoms with Crippen molar-refractivity contribution >= 4 is 44.9 Å². The van der Waals surface area contributed by atoms with Crippen molar-refractivity contribution < 1.29 is 17.6 Å². The van der Waals surface area contributed by atoms with E-state index < -0.39 is 10.0 Å². The molecule has 1 N–H and O–H groups in total. The molecule has 1 fully saturated rings. The van der Waals surface area contributed by atoms with Crippen molar-refractivity contribution in [1.29, 1.82) is 0 Å². The zero-order chi connectivity index (χ0) is 20.6. The molecule has 4 rings (SSSR count). The lowest BCUT2D eigenvalue weighted by Gasteiger charge is -2.29. The molecule has 0 aliphatic carbocycles. The first-order valence-corrected chi connectivity index (χ1v) is 11.4. The van der Waals surface area contributed by atoms with Gasteiger partial charge in [0.25, 0.3) is 15.9 Å². The third-order valence-electron chi connectivity index (χ3n) is 4.66. The van der Waals surface area contributed by atoms with Gasteiger partial charge < -0.3 is 4.42 Å². The van der Waals surface area contributed by atoms with Crippen LogP contribution in [0.1, 0.15) is 12.8 Å². The first-order chi connectivity index (χ1) is 13.8. The summed E-state index contributed by atoms with van der Waals surface area (Å²) >= 11 is 6.87. The Kier molecular flexibility index (Phi) is 5.42. The summed E-state index contributed by atoms with van der Waals surface area (Å²) in [5.41, 5.74) is 0.630. The number of sulfonamides is 1. The monoisotopic (exact) mass is 456 g/mol. The molecule has 1 amide bonds. The maximum Gasteiger partial charge on any atom is 0.322 e. The molecule has 13 heteroatoms. The number of aryl methyl sites for hydroxylation is 1. The Hall–Kier alpha value is -2.28. The van der Waals surface area contributed by atoms with Crippen molar-refractivity contribution in [3.63, 3.8) is 0 Å². The highest BCUT2D eigenvalue weighted by atomic mass is 35.5. The molecular formula is C16H17ClN6O4S2. The minimum absolute atomic E-state index is 0.00511. The van der Waals surface area contributed by atoms with Crippen LogP contribution in [0, 0.1) is 5.92 Å².